The predicted octanol–water partition coefficient (Wildman–Crippen LogP) is 4.11. The summed E-state index contributed by atoms with van der Waals surface area (Å²) in [7, 11) is 0. The Balaban J connectivity index is 1.28. The van der Waals surface area contributed by atoms with Gasteiger partial charge in [0.1, 0.15) is 30.4 Å². The van der Waals surface area contributed by atoms with Gasteiger partial charge in [0.25, 0.3) is 0 Å². The van der Waals surface area contributed by atoms with Crippen LogP contribution >= 0.6 is 15.9 Å². The summed E-state index contributed by atoms with van der Waals surface area (Å²) in [6.45, 7) is 1.14. The lowest BCUT2D eigenvalue weighted by Crippen LogP contribution is -2.49. The topological polar surface area (TPSA) is 67.8 Å². The zero-order valence-electron chi connectivity index (χ0n) is 17.4. The van der Waals surface area contributed by atoms with Crippen molar-refractivity contribution in [3.8, 4) is 0 Å². The zero-order chi connectivity index (χ0) is 22.7. The lowest BCUT2D eigenvalue weighted by atomic mass is 10.0. The molecule has 170 valence electrons. The van der Waals surface area contributed by atoms with E-state index in [1.165, 1.54) is 11.2 Å². The summed E-state index contributed by atoms with van der Waals surface area (Å²) < 4.78 is 41.6. The van der Waals surface area contributed by atoms with E-state index < -0.39 is 30.2 Å². The summed E-state index contributed by atoms with van der Waals surface area (Å²) in [5.74, 6) is -0.00854. The van der Waals surface area contributed by atoms with Gasteiger partial charge in [-0.3, -0.25) is 4.90 Å². The molecule has 2 bridgehead atoms. The van der Waals surface area contributed by atoms with Gasteiger partial charge < -0.3 is 14.4 Å². The molecule has 0 aliphatic carbocycles. The second kappa shape index (κ2) is 7.88. The molecule has 0 unspecified atom stereocenters. The number of nitrogens with zero attached hydrogens (tertiary/aromatic N) is 4. The highest BCUT2D eigenvalue weighted by molar-refractivity contribution is 9.10. The third kappa shape index (κ3) is 3.18. The number of aromatic nitrogens is 2. The van der Waals surface area contributed by atoms with E-state index in [9.17, 15) is 4.79 Å². The summed E-state index contributed by atoms with van der Waals surface area (Å²) in [6.07, 6.45) is -0.505. The first-order chi connectivity index (χ1) is 16.0. The average molecular weight is 517 g/mol. The van der Waals surface area contributed by atoms with Crippen molar-refractivity contribution >= 4 is 38.7 Å². The number of benzene rings is 2. The fourth-order valence-corrected chi connectivity index (χ4v) is 5.59. The van der Waals surface area contributed by atoms with Crippen LogP contribution in [0.3, 0.4) is 0 Å². The number of hydrogen-bond donors (Lipinski definition) is 0. The number of piperazine rings is 1. The van der Waals surface area contributed by atoms with Gasteiger partial charge in [-0.1, -0.05) is 30.3 Å². The normalized spacial score (nSPS) is 23.4. The van der Waals surface area contributed by atoms with Crippen LogP contribution in [-0.4, -0.2) is 52.3 Å². The van der Waals surface area contributed by atoms with Gasteiger partial charge in [-0.15, -0.1) is 0 Å². The molecule has 3 aromatic rings. The van der Waals surface area contributed by atoms with Crippen molar-refractivity contribution in [1.29, 1.82) is 0 Å². The highest BCUT2D eigenvalue weighted by atomic mass is 79.9. The highest BCUT2D eigenvalue weighted by Crippen LogP contribution is 2.43. The third-order valence-corrected chi connectivity index (χ3v) is 7.49. The Kier molecular flexibility index (Phi) is 4.95. The van der Waals surface area contributed by atoms with Crippen LogP contribution in [0.25, 0.3) is 10.9 Å². The van der Waals surface area contributed by atoms with Crippen LogP contribution in [0.15, 0.2) is 41.1 Å². The molecule has 4 heterocycles. The summed E-state index contributed by atoms with van der Waals surface area (Å²) >= 11 is 3.31. The molecule has 6 rings (SSSR count). The Morgan fingerprint density at radius 1 is 1.15 bits per heavy atom. The molecule has 10 heteroatoms. The maximum atomic E-state index is 15.3. The van der Waals surface area contributed by atoms with Gasteiger partial charge in [-0.2, -0.15) is 0 Å². The molecule has 0 saturated carbocycles. The molecule has 2 aromatic carbocycles. The Bertz CT molecular complexity index is 1260. The van der Waals surface area contributed by atoms with Crippen LogP contribution in [0.1, 0.15) is 16.7 Å². The van der Waals surface area contributed by atoms with Gasteiger partial charge in [0.2, 0.25) is 0 Å². The van der Waals surface area contributed by atoms with Crippen LogP contribution in [0.4, 0.5) is 19.4 Å². The van der Waals surface area contributed by atoms with E-state index in [0.717, 1.165) is 16.7 Å². The monoisotopic (exact) mass is 516 g/mol. The molecule has 0 radical (unpaired) electrons. The van der Waals surface area contributed by atoms with E-state index in [4.69, 9.17) is 9.47 Å². The van der Waals surface area contributed by atoms with Crippen molar-refractivity contribution in [3.05, 3.63) is 63.6 Å². The zero-order valence-corrected chi connectivity index (χ0v) is 19.0. The second-order valence-corrected chi connectivity index (χ2v) is 9.22. The van der Waals surface area contributed by atoms with Gasteiger partial charge in [0.15, 0.2) is 5.82 Å². The Labute approximate surface area is 196 Å². The molecular weight excluding hydrogens is 498 g/mol. The number of anilines is 1. The molecule has 1 aromatic heterocycles. The standard InChI is InChI=1S/C23H19BrF2N4O3/c24-18-14-10-32-9-13(14)17-21(20(18)26)27-11-28-22(17)29-6-16-19(25)15(29)7-30(16)23(31)33-8-12-4-2-1-3-5-12/h1-5,11,15-16,19H,6-10H2/t15-,16-,19+/m0/s1. The van der Waals surface area contributed by atoms with E-state index >= 15 is 8.78 Å². The molecule has 2 saturated heterocycles. The largest absolute Gasteiger partial charge is 0.445 e. The minimum absolute atomic E-state index is 0.130. The number of carbonyl (C=O) groups excluding carboxylic acids is 1. The molecule has 1 amide bonds. The number of carbonyl (C=O) groups is 1. The maximum Gasteiger partial charge on any atom is 0.410 e. The maximum absolute atomic E-state index is 15.3. The molecule has 0 N–H and O–H groups in total. The molecule has 0 spiro atoms. The first kappa shape index (κ1) is 20.7. The third-order valence-electron chi connectivity index (χ3n) is 6.67. The smallest absolute Gasteiger partial charge is 0.410 e. The van der Waals surface area contributed by atoms with Gasteiger partial charge in [-0.05, 0) is 27.1 Å². The van der Waals surface area contributed by atoms with E-state index in [1.54, 1.807) is 0 Å². The van der Waals surface area contributed by atoms with Crippen LogP contribution in [0.5, 0.6) is 0 Å². The SMILES string of the molecule is O=C(OCc1ccccc1)N1C[C@H]2[C@@H](F)[C@@H]1CN2c1ncnc2c(F)c(Br)c3c(c12)COC3. The lowest BCUT2D eigenvalue weighted by molar-refractivity contribution is 0.0857. The van der Waals surface area contributed by atoms with Gasteiger partial charge in [0, 0.05) is 18.7 Å². The van der Waals surface area contributed by atoms with E-state index in [-0.39, 0.29) is 31.8 Å². The quantitative estimate of drug-likeness (QED) is 0.521. The summed E-state index contributed by atoms with van der Waals surface area (Å²) in [4.78, 5) is 24.5. The molecule has 7 nitrogen and oxygen atoms in total. The summed E-state index contributed by atoms with van der Waals surface area (Å²) in [5.41, 5.74) is 2.58. The van der Waals surface area contributed by atoms with E-state index in [0.29, 0.717) is 22.3 Å². The molecule has 3 aliphatic rings. The number of halogens is 3. The van der Waals surface area contributed by atoms with Crippen molar-refractivity contribution in [2.45, 2.75) is 38.1 Å². The van der Waals surface area contributed by atoms with Crippen molar-refractivity contribution in [2.24, 2.45) is 0 Å². The molecule has 3 aliphatic heterocycles. The van der Waals surface area contributed by atoms with Crippen molar-refractivity contribution < 1.29 is 23.0 Å². The molecule has 33 heavy (non-hydrogen) atoms. The Morgan fingerprint density at radius 3 is 2.70 bits per heavy atom. The first-order valence-corrected chi connectivity index (χ1v) is 11.4. The minimum atomic E-state index is -1.26. The Hall–Kier alpha value is -2.85. The minimum Gasteiger partial charge on any atom is -0.445 e. The number of hydrogen-bond acceptors (Lipinski definition) is 6. The molecular formula is C23H19BrF2N4O3. The van der Waals surface area contributed by atoms with Crippen LogP contribution in [0, 0.1) is 5.82 Å². The molecule has 3 atom stereocenters. The van der Waals surface area contributed by atoms with Crippen molar-refractivity contribution in [3.63, 3.8) is 0 Å². The average Bonchev–Trinajstić information content (AvgIpc) is 3.54. The van der Waals surface area contributed by atoms with Crippen molar-refractivity contribution in [2.75, 3.05) is 18.0 Å². The van der Waals surface area contributed by atoms with Gasteiger partial charge in [-0.25, -0.2) is 23.5 Å². The number of rotatable bonds is 3. The van der Waals surface area contributed by atoms with Gasteiger partial charge >= 0.3 is 6.09 Å². The fraction of sp³-hybridized carbons (Fsp3) is 0.348. The van der Waals surface area contributed by atoms with E-state index in [2.05, 4.69) is 25.9 Å². The number of ether oxygens (including phenoxy) is 2. The number of fused-ring (bicyclic) bond motifs is 5. The first-order valence-electron chi connectivity index (χ1n) is 10.6. The summed E-state index contributed by atoms with van der Waals surface area (Å²) in [5, 5.41) is 0.545. The van der Waals surface area contributed by atoms with Crippen LogP contribution < -0.4 is 4.90 Å². The number of alkyl halides is 1. The summed E-state index contributed by atoms with van der Waals surface area (Å²) in [6, 6.07) is 8.09. The highest BCUT2D eigenvalue weighted by Gasteiger charge is 2.55. The van der Waals surface area contributed by atoms with Crippen molar-refractivity contribution in [1.82, 2.24) is 14.9 Å². The van der Waals surface area contributed by atoms with Crippen LogP contribution in [0.2, 0.25) is 0 Å². The van der Waals surface area contributed by atoms with Crippen LogP contribution in [-0.2, 0) is 29.3 Å². The predicted molar refractivity (Wildman–Crippen MR) is 119 cm³/mol. The lowest BCUT2D eigenvalue weighted by Gasteiger charge is -2.34. The Morgan fingerprint density at radius 2 is 1.94 bits per heavy atom. The number of likely N-dealkylation sites (tertiary alicyclic amines) is 1. The van der Waals surface area contributed by atoms with Gasteiger partial charge in [0.05, 0.1) is 35.2 Å². The number of amides is 1. The second-order valence-electron chi connectivity index (χ2n) is 8.42. The van der Waals surface area contributed by atoms with E-state index in [1.807, 2.05) is 35.2 Å². The molecule has 2 fully saturated rings. The fourth-order valence-electron chi connectivity index (χ4n) is 5.05.